The van der Waals surface area contributed by atoms with Gasteiger partial charge in [0.2, 0.25) is 11.8 Å². The average molecular weight is 663 g/mol. The van der Waals surface area contributed by atoms with Crippen molar-refractivity contribution >= 4 is 43.5 Å². The predicted molar refractivity (Wildman–Crippen MR) is 174 cm³/mol. The number of benzene rings is 4. The van der Waals surface area contributed by atoms with Crippen molar-refractivity contribution in [3.05, 3.63) is 131 Å². The van der Waals surface area contributed by atoms with Gasteiger partial charge in [-0.05, 0) is 47.4 Å². The fraction of sp³-hybridized carbons (Fsp3) is 0.235. The third kappa shape index (κ3) is 8.78. The third-order valence-corrected chi connectivity index (χ3v) is 9.14. The van der Waals surface area contributed by atoms with Crippen molar-refractivity contribution in [2.24, 2.45) is 5.92 Å². The van der Waals surface area contributed by atoms with Gasteiger partial charge in [-0.1, -0.05) is 115 Å². The number of anilines is 1. The fourth-order valence-corrected chi connectivity index (χ4v) is 6.45. The quantitative estimate of drug-likeness (QED) is 0.189. The zero-order chi connectivity index (χ0) is 30.8. The van der Waals surface area contributed by atoms with Gasteiger partial charge in [0.25, 0.3) is 10.0 Å². The van der Waals surface area contributed by atoms with Gasteiger partial charge in [-0.15, -0.1) is 0 Å². The van der Waals surface area contributed by atoms with Gasteiger partial charge in [0.15, 0.2) is 0 Å². The normalized spacial score (nSPS) is 12.0. The Morgan fingerprint density at radius 2 is 1.37 bits per heavy atom. The van der Waals surface area contributed by atoms with E-state index in [1.165, 1.54) is 17.0 Å². The molecule has 4 aromatic carbocycles. The molecule has 43 heavy (non-hydrogen) atoms. The molecule has 4 aromatic rings. The molecule has 0 heterocycles. The molecule has 4 rings (SSSR count). The number of nitrogens with zero attached hydrogens (tertiary/aromatic N) is 2. The third-order valence-electron chi connectivity index (χ3n) is 6.86. The molecule has 0 fully saturated rings. The Balaban J connectivity index is 1.78. The Bertz CT molecular complexity index is 1600. The summed E-state index contributed by atoms with van der Waals surface area (Å²) in [7, 11) is -4.13. The molecule has 224 valence electrons. The lowest BCUT2D eigenvalue weighted by Gasteiger charge is -2.34. The lowest BCUT2D eigenvalue weighted by Crippen LogP contribution is -2.53. The summed E-state index contributed by atoms with van der Waals surface area (Å²) in [6.45, 7) is 4.09. The summed E-state index contributed by atoms with van der Waals surface area (Å²) in [6.07, 6.45) is 0.270. The smallest absolute Gasteiger partial charge is 0.264 e. The van der Waals surface area contributed by atoms with Crippen molar-refractivity contribution < 1.29 is 18.0 Å². The number of carbonyl (C=O) groups is 2. The Kier molecular flexibility index (Phi) is 11.1. The van der Waals surface area contributed by atoms with E-state index in [9.17, 15) is 18.0 Å². The summed E-state index contributed by atoms with van der Waals surface area (Å²) < 4.78 is 29.8. The van der Waals surface area contributed by atoms with Crippen molar-refractivity contribution in [2.75, 3.05) is 17.4 Å². The van der Waals surface area contributed by atoms with Gasteiger partial charge < -0.3 is 10.2 Å². The highest BCUT2D eigenvalue weighted by Gasteiger charge is 2.34. The summed E-state index contributed by atoms with van der Waals surface area (Å²) in [5.41, 5.74) is 2.04. The summed E-state index contributed by atoms with van der Waals surface area (Å²) in [4.78, 5) is 29.7. The van der Waals surface area contributed by atoms with E-state index in [0.717, 1.165) is 15.4 Å². The first-order chi connectivity index (χ1) is 20.6. The highest BCUT2D eigenvalue weighted by molar-refractivity contribution is 9.10. The van der Waals surface area contributed by atoms with E-state index in [4.69, 9.17) is 0 Å². The van der Waals surface area contributed by atoms with Crippen LogP contribution in [0.25, 0.3) is 0 Å². The minimum absolute atomic E-state index is 0.0629. The summed E-state index contributed by atoms with van der Waals surface area (Å²) in [6, 6.07) is 32.9. The first-order valence-electron chi connectivity index (χ1n) is 14.1. The number of hydrogen-bond donors (Lipinski definition) is 1. The second kappa shape index (κ2) is 15.0. The molecule has 1 atom stereocenters. The maximum absolute atomic E-state index is 14.4. The Morgan fingerprint density at radius 3 is 1.95 bits per heavy atom. The van der Waals surface area contributed by atoms with E-state index < -0.39 is 28.5 Å². The number of hydrogen-bond acceptors (Lipinski definition) is 4. The molecular weight excluding hydrogens is 626 g/mol. The first kappa shape index (κ1) is 32.0. The minimum atomic E-state index is -4.13. The highest BCUT2D eigenvalue weighted by Crippen LogP contribution is 2.27. The predicted octanol–water partition coefficient (Wildman–Crippen LogP) is 6.06. The molecule has 7 nitrogen and oxygen atoms in total. The number of carbonyl (C=O) groups excluding carboxylic acids is 2. The van der Waals surface area contributed by atoms with Crippen LogP contribution in [0.3, 0.4) is 0 Å². The summed E-state index contributed by atoms with van der Waals surface area (Å²) >= 11 is 3.43. The standard InChI is InChI=1S/C34H36BrN3O4S/c1-26(2)23-36-34(40)32(21-27-13-6-3-7-14-27)37(24-28-15-8-4-9-16-28)33(39)25-38(30-18-12-17-29(35)22-30)43(41,42)31-19-10-5-11-20-31/h3-20,22,26,32H,21,23-25H2,1-2H3,(H,36,40)/t32-/m1/s1. The molecule has 0 aromatic heterocycles. The molecule has 0 saturated heterocycles. The van der Waals surface area contributed by atoms with Crippen LogP contribution in [0.1, 0.15) is 25.0 Å². The molecule has 2 amide bonds. The van der Waals surface area contributed by atoms with Crippen molar-refractivity contribution in [2.45, 2.75) is 37.8 Å². The highest BCUT2D eigenvalue weighted by atomic mass is 79.9. The van der Waals surface area contributed by atoms with Gasteiger partial charge in [0.05, 0.1) is 10.6 Å². The topological polar surface area (TPSA) is 86.8 Å². The maximum atomic E-state index is 14.4. The van der Waals surface area contributed by atoms with Crippen LogP contribution in [0.15, 0.2) is 125 Å². The van der Waals surface area contributed by atoms with Crippen molar-refractivity contribution in [3.63, 3.8) is 0 Å². The van der Waals surface area contributed by atoms with Gasteiger partial charge >= 0.3 is 0 Å². The van der Waals surface area contributed by atoms with Crippen LogP contribution in [0.4, 0.5) is 5.69 Å². The molecule has 1 N–H and O–H groups in total. The van der Waals surface area contributed by atoms with Crippen LogP contribution < -0.4 is 9.62 Å². The molecule has 0 unspecified atom stereocenters. The molecule has 0 radical (unpaired) electrons. The monoisotopic (exact) mass is 661 g/mol. The lowest BCUT2D eigenvalue weighted by molar-refractivity contribution is -0.140. The zero-order valence-corrected chi connectivity index (χ0v) is 26.7. The molecule has 0 spiro atoms. The van der Waals surface area contributed by atoms with Gasteiger partial charge in [-0.2, -0.15) is 0 Å². The summed E-state index contributed by atoms with van der Waals surface area (Å²) in [5.74, 6) is -0.576. The second-order valence-corrected chi connectivity index (χ2v) is 13.4. The Hall–Kier alpha value is -3.95. The van der Waals surface area contributed by atoms with Crippen molar-refractivity contribution in [1.82, 2.24) is 10.2 Å². The van der Waals surface area contributed by atoms with Gasteiger partial charge in [0, 0.05) is 24.0 Å². The van der Waals surface area contributed by atoms with Crippen molar-refractivity contribution in [3.8, 4) is 0 Å². The van der Waals surface area contributed by atoms with E-state index in [0.29, 0.717) is 16.7 Å². The van der Waals surface area contributed by atoms with Crippen molar-refractivity contribution in [1.29, 1.82) is 0 Å². The SMILES string of the molecule is CC(C)CNC(=O)[C@@H](Cc1ccccc1)N(Cc1ccccc1)C(=O)CN(c1cccc(Br)c1)S(=O)(=O)c1ccccc1. The van der Waals surface area contributed by atoms with E-state index in [1.54, 1.807) is 42.5 Å². The van der Waals surface area contributed by atoms with E-state index in [-0.39, 0.29) is 29.7 Å². The van der Waals surface area contributed by atoms with Crippen LogP contribution in [-0.2, 0) is 32.6 Å². The second-order valence-electron chi connectivity index (χ2n) is 10.7. The number of sulfonamides is 1. The number of nitrogens with one attached hydrogen (secondary N) is 1. The van der Waals surface area contributed by atoms with Gasteiger partial charge in [0.1, 0.15) is 12.6 Å². The fourth-order valence-electron chi connectivity index (χ4n) is 4.64. The van der Waals surface area contributed by atoms with Crippen LogP contribution in [-0.4, -0.2) is 44.3 Å². The lowest BCUT2D eigenvalue weighted by atomic mass is 10.0. The van der Waals surface area contributed by atoms with Crippen LogP contribution >= 0.6 is 15.9 Å². The van der Waals surface area contributed by atoms with Crippen LogP contribution in [0.2, 0.25) is 0 Å². The average Bonchev–Trinajstić information content (AvgIpc) is 3.01. The van der Waals surface area contributed by atoms with Crippen LogP contribution in [0, 0.1) is 5.92 Å². The maximum Gasteiger partial charge on any atom is 0.264 e. The number of halogens is 1. The molecule has 0 aliphatic heterocycles. The van der Waals surface area contributed by atoms with Crippen LogP contribution in [0.5, 0.6) is 0 Å². The molecule has 0 bridgehead atoms. The number of rotatable bonds is 13. The molecule has 0 saturated carbocycles. The first-order valence-corrected chi connectivity index (χ1v) is 16.4. The minimum Gasteiger partial charge on any atom is -0.354 e. The van der Waals surface area contributed by atoms with Gasteiger partial charge in [-0.3, -0.25) is 13.9 Å². The molecule has 0 aliphatic carbocycles. The Labute approximate surface area is 262 Å². The van der Waals surface area contributed by atoms with E-state index in [1.807, 2.05) is 74.5 Å². The largest absolute Gasteiger partial charge is 0.354 e. The molecular formula is C34H36BrN3O4S. The van der Waals surface area contributed by atoms with E-state index >= 15 is 0 Å². The summed E-state index contributed by atoms with van der Waals surface area (Å²) in [5, 5.41) is 3.00. The Morgan fingerprint density at radius 1 is 0.791 bits per heavy atom. The molecule has 9 heteroatoms. The van der Waals surface area contributed by atoms with Gasteiger partial charge in [-0.25, -0.2) is 8.42 Å². The zero-order valence-electron chi connectivity index (χ0n) is 24.3. The van der Waals surface area contributed by atoms with E-state index in [2.05, 4.69) is 21.2 Å². The molecule has 0 aliphatic rings. The number of amides is 2.